The number of primary amides is 1. The summed E-state index contributed by atoms with van der Waals surface area (Å²) in [5.41, 5.74) is 7.22. The van der Waals surface area contributed by atoms with E-state index in [0.717, 1.165) is 4.90 Å². The molecule has 1 unspecified atom stereocenters. The van der Waals surface area contributed by atoms with Gasteiger partial charge in [-0.15, -0.1) is 0 Å². The number of anilines is 2. The first-order valence-corrected chi connectivity index (χ1v) is 24.5. The highest BCUT2D eigenvalue weighted by atomic mass is 35.5. The lowest BCUT2D eigenvalue weighted by atomic mass is 9.96. The van der Waals surface area contributed by atoms with Crippen LogP contribution in [0.2, 0.25) is 5.02 Å². The molecule has 73 heavy (non-hydrogen) atoms. The minimum absolute atomic E-state index is 0.0118. The van der Waals surface area contributed by atoms with Gasteiger partial charge in [0.25, 0.3) is 11.8 Å². The summed E-state index contributed by atoms with van der Waals surface area (Å²) in [6.45, 7) is 4.63. The molecule has 2 fully saturated rings. The molecule has 22 heteroatoms. The minimum atomic E-state index is -1.01. The number of carbonyl (C=O) groups excluding carboxylic acids is 6. The number of rotatable bonds is 23. The first-order valence-electron chi connectivity index (χ1n) is 24.1. The maximum atomic E-state index is 16.9. The van der Waals surface area contributed by atoms with Gasteiger partial charge in [-0.1, -0.05) is 48.0 Å². The van der Waals surface area contributed by atoms with Gasteiger partial charge in [-0.2, -0.15) is 4.98 Å². The normalized spacial score (nSPS) is 15.9. The Morgan fingerprint density at radius 2 is 1.55 bits per heavy atom. The van der Waals surface area contributed by atoms with Crippen LogP contribution in [0.4, 0.5) is 21.0 Å². The van der Waals surface area contributed by atoms with E-state index in [2.05, 4.69) is 15.6 Å². The number of aromatic hydroxyl groups is 1. The molecule has 386 valence electrons. The first kappa shape index (κ1) is 52.3. The highest BCUT2D eigenvalue weighted by Gasteiger charge is 2.45. The summed E-state index contributed by atoms with van der Waals surface area (Å²) in [4.78, 5) is 90.6. The van der Waals surface area contributed by atoms with Crippen molar-refractivity contribution in [3.05, 3.63) is 88.2 Å². The molecule has 1 atom stereocenters. The number of aryl methyl sites for hydroxylation is 1. The fourth-order valence-electron chi connectivity index (χ4n) is 9.11. The van der Waals surface area contributed by atoms with E-state index in [1.165, 1.54) is 11.0 Å². The Labute approximate surface area is 424 Å². The van der Waals surface area contributed by atoms with Gasteiger partial charge in [0.05, 0.1) is 62.4 Å². The second kappa shape index (κ2) is 24.1. The zero-order valence-electron chi connectivity index (χ0n) is 40.3. The number of carbonyl (C=O) groups is 6. The van der Waals surface area contributed by atoms with E-state index in [9.17, 15) is 33.9 Å². The molecule has 4 heterocycles. The van der Waals surface area contributed by atoms with Crippen molar-refractivity contribution in [2.24, 2.45) is 5.73 Å². The molecule has 0 saturated carbocycles. The van der Waals surface area contributed by atoms with Crippen LogP contribution in [0.15, 0.2) is 60.7 Å². The molecule has 0 aliphatic carbocycles. The molecule has 4 aromatic carbocycles. The molecule has 1 aromatic heterocycles. The summed E-state index contributed by atoms with van der Waals surface area (Å²) < 4.78 is 39.4. The number of fused-ring (bicyclic) bond motifs is 3. The third kappa shape index (κ3) is 12.3. The third-order valence-electron chi connectivity index (χ3n) is 12.9. The maximum Gasteiger partial charge on any atom is 0.314 e. The van der Waals surface area contributed by atoms with Crippen molar-refractivity contribution >= 4 is 80.6 Å². The number of phenolic OH excluding ortho intramolecular Hbond substituents is 1. The minimum Gasteiger partial charge on any atom is -0.508 e. The number of halogens is 2. The van der Waals surface area contributed by atoms with E-state index >= 15 is 4.39 Å². The molecule has 5 aromatic rings. The van der Waals surface area contributed by atoms with Crippen LogP contribution in [-0.4, -0.2) is 171 Å². The quantitative estimate of drug-likeness (QED) is 0.0519. The van der Waals surface area contributed by atoms with E-state index in [4.69, 9.17) is 41.3 Å². The number of phenols is 1. The number of likely N-dealkylation sites (N-methyl/N-ethyl adjacent to an activating group) is 1. The van der Waals surface area contributed by atoms with Gasteiger partial charge in [-0.05, 0) is 65.4 Å². The van der Waals surface area contributed by atoms with Crippen LogP contribution in [-0.2, 0) is 39.8 Å². The fraction of sp³-hybridized carbons (Fsp3) is 0.412. The topological polar surface area (TPSA) is 248 Å². The number of nitrogens with one attached hydrogen (secondary N) is 2. The van der Waals surface area contributed by atoms with E-state index in [-0.39, 0.29) is 71.7 Å². The number of hydrogen-bond donors (Lipinski definition) is 4. The van der Waals surface area contributed by atoms with Crippen molar-refractivity contribution < 1.29 is 57.2 Å². The van der Waals surface area contributed by atoms with Crippen LogP contribution < -0.4 is 21.3 Å². The third-order valence-corrected chi connectivity index (χ3v) is 13.2. The number of nitrogens with two attached hydrogens (primary N) is 1. The van der Waals surface area contributed by atoms with Gasteiger partial charge >= 0.3 is 6.03 Å². The molecule has 2 saturated heterocycles. The van der Waals surface area contributed by atoms with Gasteiger partial charge in [0.15, 0.2) is 5.82 Å². The van der Waals surface area contributed by atoms with E-state index in [0.29, 0.717) is 130 Å². The van der Waals surface area contributed by atoms with Crippen LogP contribution >= 0.6 is 11.6 Å². The Hall–Kier alpha value is -7.04. The number of benzene rings is 4. The molecular formula is C51H57ClFN9O11. The molecule has 7 amide bonds. The number of ether oxygens (including phenoxy) is 4. The first-order chi connectivity index (χ1) is 35.3. The lowest BCUT2D eigenvalue weighted by Crippen LogP contribution is -2.54. The largest absolute Gasteiger partial charge is 0.508 e. The lowest BCUT2D eigenvalue weighted by Gasteiger charge is -2.35. The van der Waals surface area contributed by atoms with Crippen molar-refractivity contribution in [2.75, 3.05) is 109 Å². The maximum absolute atomic E-state index is 16.9. The van der Waals surface area contributed by atoms with Crippen LogP contribution in [0.1, 0.15) is 52.0 Å². The predicted molar refractivity (Wildman–Crippen MR) is 268 cm³/mol. The number of amides is 7. The van der Waals surface area contributed by atoms with E-state index in [1.807, 2.05) is 29.2 Å². The Balaban J connectivity index is 0.721. The Morgan fingerprint density at radius 3 is 2.26 bits per heavy atom. The van der Waals surface area contributed by atoms with Crippen molar-refractivity contribution in [1.29, 1.82) is 0 Å². The van der Waals surface area contributed by atoms with E-state index in [1.54, 1.807) is 42.3 Å². The number of piperazine rings is 1. The van der Waals surface area contributed by atoms with E-state index < -0.39 is 41.5 Å². The van der Waals surface area contributed by atoms with Crippen molar-refractivity contribution in [2.45, 2.75) is 38.1 Å². The van der Waals surface area contributed by atoms with Crippen molar-refractivity contribution in [1.82, 2.24) is 30.0 Å². The van der Waals surface area contributed by atoms with Crippen LogP contribution in [0.25, 0.3) is 32.8 Å². The number of imide groups is 2. The molecule has 3 aliphatic heterocycles. The van der Waals surface area contributed by atoms with Gasteiger partial charge in [-0.25, -0.2) is 14.2 Å². The zero-order valence-corrected chi connectivity index (χ0v) is 41.1. The SMILES string of the molecule is CN(CCOCCOCCOCCOCCCc1cccc2c1C(=O)N(C1CCC(=O)NC1=O)C2=O)C(=O)CCNc1nc(N2CCN(C(N)=O)CC2)c2cc(Cl)c(-c3cc(O)cc4ccccc34)c(F)c2n1. The van der Waals surface area contributed by atoms with Crippen LogP contribution in [0, 0.1) is 5.82 Å². The molecular weight excluding hydrogens is 969 g/mol. The summed E-state index contributed by atoms with van der Waals surface area (Å²) in [5.74, 6) is -2.56. The molecule has 3 aliphatic rings. The standard InChI is InChI=1S/C51H57ClFN9O11/c1-59(19-21-71-23-25-73-27-26-72-24-22-70-20-5-8-31-7-4-10-35-42(31)49(68)62(48(35)67)39-11-12-40(64)56-47(39)66)41(65)13-14-55-51-57-45-37(46(58-51)60-15-17-61(18-16-60)50(54)69)30-38(52)43(44(45)53)36-29-33(63)28-32-6-2-3-9-34(32)36/h2-4,6-7,9-10,28-30,39,63H,5,8,11-27H2,1H3,(H2,54,69)(H,55,57,58)(H,56,64,66). The molecule has 5 N–H and O–H groups in total. The van der Waals surface area contributed by atoms with Crippen molar-refractivity contribution in [3.63, 3.8) is 0 Å². The zero-order chi connectivity index (χ0) is 51.6. The summed E-state index contributed by atoms with van der Waals surface area (Å²) >= 11 is 6.84. The number of hydrogen-bond acceptors (Lipinski definition) is 15. The highest BCUT2D eigenvalue weighted by Crippen LogP contribution is 2.42. The Morgan fingerprint density at radius 1 is 0.849 bits per heavy atom. The molecule has 20 nitrogen and oxygen atoms in total. The summed E-state index contributed by atoms with van der Waals surface area (Å²) in [6, 6.07) is 15.5. The number of urea groups is 1. The van der Waals surface area contributed by atoms with Gasteiger partial charge in [0.1, 0.15) is 23.1 Å². The molecule has 0 spiro atoms. The average molecular weight is 1030 g/mol. The van der Waals surface area contributed by atoms with Gasteiger partial charge in [0, 0.05) is 76.7 Å². The monoisotopic (exact) mass is 1030 g/mol. The van der Waals surface area contributed by atoms with Crippen molar-refractivity contribution in [3.8, 4) is 16.9 Å². The number of piperidine rings is 1. The van der Waals surface area contributed by atoms with Gasteiger partial charge in [-0.3, -0.25) is 34.2 Å². The second-order valence-electron chi connectivity index (χ2n) is 17.7. The lowest BCUT2D eigenvalue weighted by molar-refractivity contribution is -0.136. The fourth-order valence-corrected chi connectivity index (χ4v) is 9.40. The Kier molecular flexibility index (Phi) is 17.3. The Bertz CT molecular complexity index is 2900. The predicted octanol–water partition coefficient (Wildman–Crippen LogP) is 4.51. The summed E-state index contributed by atoms with van der Waals surface area (Å²) in [6.07, 6.45) is 1.32. The number of nitrogens with zero attached hydrogens (tertiary/aromatic N) is 6. The highest BCUT2D eigenvalue weighted by molar-refractivity contribution is 6.35. The molecule has 0 bridgehead atoms. The summed E-state index contributed by atoms with van der Waals surface area (Å²) in [7, 11) is 1.67. The average Bonchev–Trinajstić information content (AvgIpc) is 3.63. The summed E-state index contributed by atoms with van der Waals surface area (Å²) in [5, 5.41) is 17.7. The molecule has 0 radical (unpaired) electrons. The van der Waals surface area contributed by atoms with Crippen LogP contribution in [0.5, 0.6) is 5.75 Å². The second-order valence-corrected chi connectivity index (χ2v) is 18.1. The van der Waals surface area contributed by atoms with Gasteiger partial charge in [0.2, 0.25) is 23.7 Å². The molecule has 8 rings (SSSR count). The number of aromatic nitrogens is 2. The smallest absolute Gasteiger partial charge is 0.314 e. The van der Waals surface area contributed by atoms with Gasteiger partial charge < -0.3 is 49.8 Å². The van der Waals surface area contributed by atoms with Crippen LogP contribution in [0.3, 0.4) is 0 Å².